The summed E-state index contributed by atoms with van der Waals surface area (Å²) in [5, 5.41) is 8.39. The van der Waals surface area contributed by atoms with Crippen molar-refractivity contribution in [3.8, 4) is 0 Å². The summed E-state index contributed by atoms with van der Waals surface area (Å²) >= 11 is 0. The van der Waals surface area contributed by atoms with Crippen LogP contribution < -0.4 is 18.1 Å². The van der Waals surface area contributed by atoms with E-state index in [1.54, 1.807) is 0 Å². The smallest absolute Gasteiger partial charge is 0.313 e. The molecule has 0 aromatic heterocycles. The molecular formula is C17H39ClN2O3. The fourth-order valence-corrected chi connectivity index (χ4v) is 2.23. The second kappa shape index (κ2) is 14.0. The van der Waals surface area contributed by atoms with Gasteiger partial charge in [-0.25, -0.2) is 0 Å². The second-order valence-electron chi connectivity index (χ2n) is 6.86. The molecule has 23 heavy (non-hydrogen) atoms. The van der Waals surface area contributed by atoms with Crippen molar-refractivity contribution in [2.24, 2.45) is 11.1 Å². The van der Waals surface area contributed by atoms with Gasteiger partial charge in [-0.2, -0.15) is 0 Å². The summed E-state index contributed by atoms with van der Waals surface area (Å²) < 4.78 is 5.98. The molecule has 0 aliphatic carbocycles. The quantitative estimate of drug-likeness (QED) is 0.419. The van der Waals surface area contributed by atoms with E-state index in [-0.39, 0.29) is 31.0 Å². The lowest BCUT2D eigenvalue weighted by atomic mass is 9.75. The number of likely N-dealkylation sites (N-methyl/N-ethyl adjacent to an activating group) is 1. The number of esters is 1. The van der Waals surface area contributed by atoms with Crippen LogP contribution in [0.4, 0.5) is 0 Å². The number of hydrogen-bond acceptors (Lipinski definition) is 4. The number of hydrogen-bond donors (Lipinski definition) is 2. The molecule has 142 valence electrons. The lowest BCUT2D eigenvalue weighted by Gasteiger charge is -2.33. The fraction of sp³-hybridized carbons (Fsp3) is 0.941. The van der Waals surface area contributed by atoms with Gasteiger partial charge in [-0.3, -0.25) is 4.79 Å². The van der Waals surface area contributed by atoms with Gasteiger partial charge in [-0.15, -0.1) is 0 Å². The molecule has 0 aromatic carbocycles. The zero-order valence-corrected chi connectivity index (χ0v) is 16.9. The summed E-state index contributed by atoms with van der Waals surface area (Å²) in [6.45, 7) is 9.40. The van der Waals surface area contributed by atoms with E-state index in [1.165, 1.54) is 0 Å². The Bertz CT molecular complexity index is 294. The highest BCUT2D eigenvalue weighted by Gasteiger charge is 2.40. The van der Waals surface area contributed by atoms with E-state index in [1.807, 2.05) is 20.8 Å². The van der Waals surface area contributed by atoms with Gasteiger partial charge in [0.05, 0.1) is 39.8 Å². The number of ether oxygens (including phenoxy) is 1. The molecule has 0 amide bonds. The van der Waals surface area contributed by atoms with Gasteiger partial charge in [0.25, 0.3) is 0 Å². The summed E-state index contributed by atoms with van der Waals surface area (Å²) in [5.41, 5.74) is 5.47. The molecule has 0 aliphatic rings. The number of nitrogens with two attached hydrogens (primary N) is 1. The summed E-state index contributed by atoms with van der Waals surface area (Å²) in [6, 6.07) is -0.145. The molecule has 0 heterocycles. The lowest BCUT2D eigenvalue weighted by Crippen LogP contribution is -3.00. The first kappa shape index (κ1) is 27.5. The first-order valence-corrected chi connectivity index (χ1v) is 8.45. The number of rotatable bonds is 9. The van der Waals surface area contributed by atoms with Crippen LogP contribution in [0.2, 0.25) is 0 Å². The monoisotopic (exact) mass is 354 g/mol. The fourth-order valence-electron chi connectivity index (χ4n) is 2.23. The van der Waals surface area contributed by atoms with Crippen molar-refractivity contribution in [2.75, 3.05) is 40.9 Å². The number of aliphatic hydroxyl groups excluding tert-OH is 1. The van der Waals surface area contributed by atoms with Crippen LogP contribution in [0.25, 0.3) is 0 Å². The molecule has 2 unspecified atom stereocenters. The van der Waals surface area contributed by atoms with Crippen LogP contribution in [0.5, 0.6) is 0 Å². The number of unbranched alkanes of at least 4 members (excludes halogenated alkanes) is 1. The zero-order valence-electron chi connectivity index (χ0n) is 16.2. The van der Waals surface area contributed by atoms with E-state index in [0.29, 0.717) is 6.61 Å². The Morgan fingerprint density at radius 2 is 1.78 bits per heavy atom. The van der Waals surface area contributed by atoms with Crippen molar-refractivity contribution in [1.82, 2.24) is 0 Å². The van der Waals surface area contributed by atoms with Gasteiger partial charge in [-0.05, 0) is 26.7 Å². The number of nitrogens with zero attached hydrogens (tertiary/aromatic N) is 1. The van der Waals surface area contributed by atoms with E-state index in [4.69, 9.17) is 15.6 Å². The Balaban J connectivity index is -0.000000425. The molecule has 5 nitrogen and oxygen atoms in total. The van der Waals surface area contributed by atoms with Crippen LogP contribution >= 0.6 is 0 Å². The number of quaternary nitrogens is 1. The minimum atomic E-state index is -0.480. The maximum Gasteiger partial charge on any atom is 0.313 e. The average Bonchev–Trinajstić information content (AvgIpc) is 2.39. The Morgan fingerprint density at radius 1 is 1.26 bits per heavy atom. The molecule has 0 aliphatic heterocycles. The molecule has 2 atom stereocenters. The molecule has 0 saturated carbocycles. The highest BCUT2D eigenvalue weighted by atomic mass is 35.5. The van der Waals surface area contributed by atoms with Crippen molar-refractivity contribution in [1.29, 1.82) is 0 Å². The summed E-state index contributed by atoms with van der Waals surface area (Å²) in [6.07, 6.45) is 3.68. The Hall–Kier alpha value is -0.360. The van der Waals surface area contributed by atoms with Crippen LogP contribution in [0, 0.1) is 5.41 Å². The van der Waals surface area contributed by atoms with Crippen molar-refractivity contribution >= 4 is 5.97 Å². The minimum absolute atomic E-state index is 0. The van der Waals surface area contributed by atoms with E-state index >= 15 is 0 Å². The van der Waals surface area contributed by atoms with Crippen LogP contribution in [-0.2, 0) is 9.53 Å². The topological polar surface area (TPSA) is 72.5 Å². The van der Waals surface area contributed by atoms with Crippen LogP contribution in [0.1, 0.15) is 53.4 Å². The third kappa shape index (κ3) is 11.8. The van der Waals surface area contributed by atoms with Crippen molar-refractivity contribution in [3.63, 3.8) is 0 Å². The van der Waals surface area contributed by atoms with Crippen LogP contribution in [-0.4, -0.2) is 62.5 Å². The minimum Gasteiger partial charge on any atom is -1.00 e. The maximum absolute atomic E-state index is 11.9. The van der Waals surface area contributed by atoms with Gasteiger partial charge in [0.15, 0.2) is 0 Å². The summed E-state index contributed by atoms with van der Waals surface area (Å²) in [7, 11) is 6.16. The highest BCUT2D eigenvalue weighted by molar-refractivity contribution is 5.77. The number of aliphatic hydroxyl groups is 1. The summed E-state index contributed by atoms with van der Waals surface area (Å²) in [5.74, 6) is -0.129. The van der Waals surface area contributed by atoms with Crippen molar-refractivity contribution in [2.45, 2.75) is 59.4 Å². The van der Waals surface area contributed by atoms with E-state index in [2.05, 4.69) is 28.1 Å². The first-order valence-electron chi connectivity index (χ1n) is 8.45. The Labute approximate surface area is 149 Å². The number of carbonyl (C=O) groups is 1. The number of carbonyl (C=O) groups excluding carboxylic acids is 1. The molecule has 0 fully saturated rings. The lowest BCUT2D eigenvalue weighted by molar-refractivity contribution is -0.870. The molecule has 6 heteroatoms. The molecular weight excluding hydrogens is 316 g/mol. The molecule has 0 radical (unpaired) electrons. The summed E-state index contributed by atoms with van der Waals surface area (Å²) in [4.78, 5) is 11.9. The van der Waals surface area contributed by atoms with Gasteiger partial charge >= 0.3 is 5.97 Å². The van der Waals surface area contributed by atoms with Gasteiger partial charge in [-0.1, -0.05) is 26.7 Å². The van der Waals surface area contributed by atoms with Gasteiger partial charge in [0.2, 0.25) is 0 Å². The SMILES string of the molecule is CCCCC(CC)(C(=O)OCC)C(C)N.C[N+](C)(C)CCO.[Cl-]. The van der Waals surface area contributed by atoms with Gasteiger partial charge in [0, 0.05) is 6.04 Å². The zero-order chi connectivity index (χ0) is 17.8. The normalized spacial score (nSPS) is 14.7. The third-order valence-corrected chi connectivity index (χ3v) is 3.93. The largest absolute Gasteiger partial charge is 1.00 e. The third-order valence-electron chi connectivity index (χ3n) is 3.93. The highest BCUT2D eigenvalue weighted by Crippen LogP contribution is 2.33. The number of halogens is 1. The van der Waals surface area contributed by atoms with Crippen LogP contribution in [0.15, 0.2) is 0 Å². The molecule has 0 bridgehead atoms. The molecule has 0 saturated heterocycles. The molecule has 0 aromatic rings. The molecule has 3 N–H and O–H groups in total. The predicted molar refractivity (Wildman–Crippen MR) is 92.5 cm³/mol. The maximum atomic E-state index is 11.9. The van der Waals surface area contributed by atoms with Gasteiger partial charge < -0.3 is 32.5 Å². The Morgan fingerprint density at radius 3 is 2.00 bits per heavy atom. The van der Waals surface area contributed by atoms with Crippen LogP contribution in [0.3, 0.4) is 0 Å². The second-order valence-corrected chi connectivity index (χ2v) is 6.86. The average molecular weight is 355 g/mol. The standard InChI is InChI=1S/C12H25NO2.C5H14NO.ClH/c1-5-8-9-12(6-2,10(4)13)11(14)15-7-3;1-6(2,3)4-5-7;/h10H,5-9,13H2,1-4H3;7H,4-5H2,1-3H3;1H/q;+1;/p-1. The predicted octanol–water partition coefficient (Wildman–Crippen LogP) is -0.828. The van der Waals surface area contributed by atoms with E-state index < -0.39 is 5.41 Å². The Kier molecular flexibility index (Phi) is 16.8. The van der Waals surface area contributed by atoms with Crippen molar-refractivity contribution < 1.29 is 31.5 Å². The van der Waals surface area contributed by atoms with E-state index in [0.717, 1.165) is 36.7 Å². The first-order chi connectivity index (χ1) is 10.1. The molecule has 0 spiro atoms. The molecule has 0 rings (SSSR count). The van der Waals surface area contributed by atoms with Crippen molar-refractivity contribution in [3.05, 3.63) is 0 Å². The van der Waals surface area contributed by atoms with Gasteiger partial charge in [0.1, 0.15) is 6.54 Å². The van der Waals surface area contributed by atoms with E-state index in [9.17, 15) is 4.79 Å².